The number of nitrogens with two attached hydrogens (primary N) is 1. The molecule has 0 radical (unpaired) electrons. The lowest BCUT2D eigenvalue weighted by molar-refractivity contribution is -0.131. The van der Waals surface area contributed by atoms with E-state index in [0.29, 0.717) is 23.6 Å². The maximum atomic E-state index is 12.1. The van der Waals surface area contributed by atoms with Crippen LogP contribution in [0.2, 0.25) is 0 Å². The van der Waals surface area contributed by atoms with Gasteiger partial charge in [0.15, 0.2) is 0 Å². The van der Waals surface area contributed by atoms with Crippen LogP contribution in [0.1, 0.15) is 18.4 Å². The highest BCUT2D eigenvalue weighted by atomic mass is 32.1. The van der Waals surface area contributed by atoms with Gasteiger partial charge in [-0.15, -0.1) is 0 Å². The van der Waals surface area contributed by atoms with E-state index in [1.807, 2.05) is 11.0 Å². The molecule has 0 spiro atoms. The molecule has 1 aromatic carbocycles. The van der Waals surface area contributed by atoms with Crippen molar-refractivity contribution in [3.63, 3.8) is 0 Å². The number of likely N-dealkylation sites (tertiary alicyclic amines) is 1. The third-order valence-electron chi connectivity index (χ3n) is 3.58. The highest BCUT2D eigenvalue weighted by Crippen LogP contribution is 2.20. The standard InChI is InChI=1S/C14H18N2O2S/c15-14(19)10-5-7-16(8-6-10)13(18)9-11-3-1-2-4-12(11)17/h1-4,10,17H,5-9H2,(H2,15,19). The Morgan fingerprint density at radius 1 is 1.37 bits per heavy atom. The van der Waals surface area contributed by atoms with Gasteiger partial charge in [-0.05, 0) is 18.9 Å². The molecule has 1 fully saturated rings. The second-order valence-corrected chi connectivity index (χ2v) is 5.33. The first-order chi connectivity index (χ1) is 9.08. The summed E-state index contributed by atoms with van der Waals surface area (Å²) in [7, 11) is 0. The number of para-hydroxylation sites is 1. The van der Waals surface area contributed by atoms with Crippen molar-refractivity contribution in [2.45, 2.75) is 19.3 Å². The average molecular weight is 278 g/mol. The zero-order valence-corrected chi connectivity index (χ0v) is 11.5. The Morgan fingerprint density at radius 3 is 2.58 bits per heavy atom. The number of phenolic OH excluding ortho intramolecular Hbond substituents is 1. The van der Waals surface area contributed by atoms with Crippen molar-refractivity contribution in [3.8, 4) is 5.75 Å². The molecule has 5 heteroatoms. The number of phenols is 1. The van der Waals surface area contributed by atoms with E-state index in [1.54, 1.807) is 18.2 Å². The topological polar surface area (TPSA) is 66.6 Å². The van der Waals surface area contributed by atoms with Gasteiger partial charge in [-0.1, -0.05) is 30.4 Å². The lowest BCUT2D eigenvalue weighted by Gasteiger charge is -2.31. The molecular weight excluding hydrogens is 260 g/mol. The second-order valence-electron chi connectivity index (χ2n) is 4.86. The van der Waals surface area contributed by atoms with Crippen LogP contribution in [0.5, 0.6) is 5.75 Å². The minimum absolute atomic E-state index is 0.0443. The summed E-state index contributed by atoms with van der Waals surface area (Å²) in [6, 6.07) is 6.94. The average Bonchev–Trinajstić information content (AvgIpc) is 2.41. The van der Waals surface area contributed by atoms with Crippen LogP contribution < -0.4 is 5.73 Å². The van der Waals surface area contributed by atoms with Crippen LogP contribution in [0.25, 0.3) is 0 Å². The van der Waals surface area contributed by atoms with Crippen LogP contribution in [-0.2, 0) is 11.2 Å². The molecule has 1 aliphatic heterocycles. The number of carbonyl (C=O) groups excluding carboxylic acids is 1. The van der Waals surface area contributed by atoms with Crippen molar-refractivity contribution in [1.82, 2.24) is 4.90 Å². The van der Waals surface area contributed by atoms with Gasteiger partial charge in [0.05, 0.1) is 11.4 Å². The lowest BCUT2D eigenvalue weighted by Crippen LogP contribution is -2.41. The third kappa shape index (κ3) is 3.44. The van der Waals surface area contributed by atoms with E-state index in [4.69, 9.17) is 18.0 Å². The van der Waals surface area contributed by atoms with Crippen molar-refractivity contribution in [1.29, 1.82) is 0 Å². The molecule has 0 aromatic heterocycles. The van der Waals surface area contributed by atoms with E-state index in [2.05, 4.69) is 0 Å². The van der Waals surface area contributed by atoms with E-state index in [9.17, 15) is 9.90 Å². The van der Waals surface area contributed by atoms with Crippen LogP contribution in [-0.4, -0.2) is 34.0 Å². The van der Waals surface area contributed by atoms with E-state index in [1.165, 1.54) is 0 Å². The molecule has 19 heavy (non-hydrogen) atoms. The van der Waals surface area contributed by atoms with Crippen LogP contribution in [0.15, 0.2) is 24.3 Å². The van der Waals surface area contributed by atoms with E-state index in [0.717, 1.165) is 12.8 Å². The Balaban J connectivity index is 1.92. The normalized spacial score (nSPS) is 16.3. The number of thiocarbonyl (C=S) groups is 1. The number of carbonyl (C=O) groups is 1. The summed E-state index contributed by atoms with van der Waals surface area (Å²) in [5.74, 6) is 0.473. The molecule has 0 saturated carbocycles. The molecule has 1 saturated heterocycles. The summed E-state index contributed by atoms with van der Waals surface area (Å²) < 4.78 is 0. The maximum Gasteiger partial charge on any atom is 0.227 e. The number of hydrogen-bond acceptors (Lipinski definition) is 3. The number of nitrogens with zero attached hydrogens (tertiary/aromatic N) is 1. The highest BCUT2D eigenvalue weighted by Gasteiger charge is 2.24. The summed E-state index contributed by atoms with van der Waals surface area (Å²) in [5, 5.41) is 9.67. The van der Waals surface area contributed by atoms with Crippen molar-refractivity contribution in [2.24, 2.45) is 11.7 Å². The van der Waals surface area contributed by atoms with E-state index < -0.39 is 0 Å². The first kappa shape index (κ1) is 13.8. The van der Waals surface area contributed by atoms with Crippen LogP contribution >= 0.6 is 12.2 Å². The number of amides is 1. The van der Waals surface area contributed by atoms with E-state index >= 15 is 0 Å². The Morgan fingerprint density at radius 2 is 2.00 bits per heavy atom. The highest BCUT2D eigenvalue weighted by molar-refractivity contribution is 7.80. The molecule has 0 bridgehead atoms. The smallest absolute Gasteiger partial charge is 0.227 e. The third-order valence-corrected chi connectivity index (χ3v) is 3.92. The van der Waals surface area contributed by atoms with Crippen molar-refractivity contribution < 1.29 is 9.90 Å². The minimum atomic E-state index is 0.0443. The molecule has 1 amide bonds. The lowest BCUT2D eigenvalue weighted by atomic mass is 9.96. The fraction of sp³-hybridized carbons (Fsp3) is 0.429. The van der Waals surface area contributed by atoms with Gasteiger partial charge >= 0.3 is 0 Å². The summed E-state index contributed by atoms with van der Waals surface area (Å²) in [6.07, 6.45) is 1.91. The van der Waals surface area contributed by atoms with Gasteiger partial charge in [0.1, 0.15) is 5.75 Å². The zero-order valence-electron chi connectivity index (χ0n) is 10.7. The molecule has 2 rings (SSSR count). The Hall–Kier alpha value is -1.62. The Bertz CT molecular complexity index is 482. The predicted molar refractivity (Wildman–Crippen MR) is 77.9 cm³/mol. The molecule has 1 aliphatic rings. The van der Waals surface area contributed by atoms with Crippen LogP contribution in [0.3, 0.4) is 0 Å². The summed E-state index contributed by atoms with van der Waals surface area (Å²) in [5.41, 5.74) is 6.30. The number of rotatable bonds is 3. The van der Waals surface area contributed by atoms with Gasteiger partial charge in [-0.25, -0.2) is 0 Å². The van der Waals surface area contributed by atoms with Crippen LogP contribution in [0, 0.1) is 5.92 Å². The second kappa shape index (κ2) is 6.02. The van der Waals surface area contributed by atoms with Gasteiger partial charge in [0.2, 0.25) is 5.91 Å². The molecule has 102 valence electrons. The Labute approximate surface area is 118 Å². The summed E-state index contributed by atoms with van der Waals surface area (Å²) in [6.45, 7) is 1.38. The number of hydrogen-bond donors (Lipinski definition) is 2. The summed E-state index contributed by atoms with van der Waals surface area (Å²) >= 11 is 4.98. The first-order valence-corrected chi connectivity index (χ1v) is 6.82. The molecule has 1 heterocycles. The molecule has 0 aliphatic carbocycles. The summed E-state index contributed by atoms with van der Waals surface area (Å²) in [4.78, 5) is 14.5. The van der Waals surface area contributed by atoms with Crippen molar-refractivity contribution in [2.75, 3.05) is 13.1 Å². The fourth-order valence-electron chi connectivity index (χ4n) is 2.35. The minimum Gasteiger partial charge on any atom is -0.508 e. The predicted octanol–water partition coefficient (Wildman–Crippen LogP) is 1.46. The fourth-order valence-corrected chi connectivity index (χ4v) is 2.58. The van der Waals surface area contributed by atoms with E-state index in [-0.39, 0.29) is 24.0 Å². The number of benzene rings is 1. The monoisotopic (exact) mass is 278 g/mol. The molecule has 0 unspecified atom stereocenters. The molecule has 1 aromatic rings. The molecule has 4 nitrogen and oxygen atoms in total. The molecule has 0 atom stereocenters. The Kier molecular flexibility index (Phi) is 4.37. The molecular formula is C14H18N2O2S. The number of piperidine rings is 1. The van der Waals surface area contributed by atoms with Gasteiger partial charge in [-0.2, -0.15) is 0 Å². The zero-order chi connectivity index (χ0) is 13.8. The largest absolute Gasteiger partial charge is 0.508 e. The van der Waals surface area contributed by atoms with Crippen molar-refractivity contribution >= 4 is 23.1 Å². The maximum absolute atomic E-state index is 12.1. The van der Waals surface area contributed by atoms with Gasteiger partial charge in [-0.3, -0.25) is 4.79 Å². The van der Waals surface area contributed by atoms with Crippen LogP contribution in [0.4, 0.5) is 0 Å². The van der Waals surface area contributed by atoms with Gasteiger partial charge in [0.25, 0.3) is 0 Å². The molecule has 3 N–H and O–H groups in total. The van der Waals surface area contributed by atoms with Crippen molar-refractivity contribution in [3.05, 3.63) is 29.8 Å². The first-order valence-electron chi connectivity index (χ1n) is 6.42. The SMILES string of the molecule is NC(=S)C1CCN(C(=O)Cc2ccccc2O)CC1. The van der Waals surface area contributed by atoms with Gasteiger partial charge in [0, 0.05) is 24.6 Å². The number of aromatic hydroxyl groups is 1. The van der Waals surface area contributed by atoms with Gasteiger partial charge < -0.3 is 15.7 Å². The quantitative estimate of drug-likeness (QED) is 0.822.